The van der Waals surface area contributed by atoms with E-state index in [1.165, 1.54) is 0 Å². The van der Waals surface area contributed by atoms with Crippen molar-refractivity contribution in [3.05, 3.63) is 0 Å². The minimum Gasteiger partial charge on any atom is -0.300 e. The van der Waals surface area contributed by atoms with E-state index < -0.39 is 9.84 Å². The van der Waals surface area contributed by atoms with Gasteiger partial charge in [0, 0.05) is 18.6 Å². The minimum absolute atomic E-state index is 0.100. The molecule has 12 heavy (non-hydrogen) atoms. The van der Waals surface area contributed by atoms with Crippen LogP contribution in [0.25, 0.3) is 0 Å². The van der Waals surface area contributed by atoms with Gasteiger partial charge in [-0.2, -0.15) is 0 Å². The lowest BCUT2D eigenvalue weighted by Gasteiger charge is -2.19. The maximum atomic E-state index is 11.3. The summed E-state index contributed by atoms with van der Waals surface area (Å²) in [6, 6.07) is 0. The normalized spacial score (nSPS) is 25.8. The zero-order valence-corrected chi connectivity index (χ0v) is 8.06. The van der Waals surface area contributed by atoms with E-state index in [1.807, 2.05) is 0 Å². The highest BCUT2D eigenvalue weighted by Crippen LogP contribution is 2.21. The van der Waals surface area contributed by atoms with Crippen molar-refractivity contribution in [3.63, 3.8) is 0 Å². The van der Waals surface area contributed by atoms with Crippen molar-refractivity contribution in [2.45, 2.75) is 37.9 Å². The number of carbonyl (C=O) groups is 1. The van der Waals surface area contributed by atoms with Crippen LogP contribution in [-0.4, -0.2) is 25.2 Å². The maximum Gasteiger partial charge on any atom is 0.153 e. The second-order valence-electron chi connectivity index (χ2n) is 3.21. The smallest absolute Gasteiger partial charge is 0.153 e. The van der Waals surface area contributed by atoms with Crippen LogP contribution in [0.4, 0.5) is 0 Å². The van der Waals surface area contributed by atoms with Crippen LogP contribution >= 0.6 is 0 Å². The summed E-state index contributed by atoms with van der Waals surface area (Å²) in [4.78, 5) is 11.0. The fourth-order valence-corrected chi connectivity index (χ4v) is 2.96. The molecule has 0 amide bonds. The first kappa shape index (κ1) is 9.71. The van der Waals surface area contributed by atoms with Gasteiger partial charge in [0.15, 0.2) is 9.84 Å². The standard InChI is InChI=1S/C8H14O3S/c1-2-12(10,11)8-5-3-4-7(9)6-8/h8H,2-6H2,1H3. The van der Waals surface area contributed by atoms with Crippen LogP contribution < -0.4 is 0 Å². The number of ketones is 1. The number of sulfone groups is 1. The summed E-state index contributed by atoms with van der Waals surface area (Å²) in [6.45, 7) is 1.63. The average Bonchev–Trinajstić information content (AvgIpc) is 2.05. The van der Waals surface area contributed by atoms with E-state index in [-0.39, 0.29) is 23.2 Å². The first-order chi connectivity index (χ1) is 5.56. The minimum atomic E-state index is -2.98. The van der Waals surface area contributed by atoms with Gasteiger partial charge in [0.2, 0.25) is 0 Å². The second kappa shape index (κ2) is 3.56. The van der Waals surface area contributed by atoms with E-state index in [4.69, 9.17) is 0 Å². The number of rotatable bonds is 2. The molecule has 0 saturated heterocycles. The third-order valence-electron chi connectivity index (χ3n) is 2.35. The van der Waals surface area contributed by atoms with Crippen LogP contribution in [0.1, 0.15) is 32.6 Å². The SMILES string of the molecule is CCS(=O)(=O)C1CCCC(=O)C1. The summed E-state index contributed by atoms with van der Waals surface area (Å²) < 4.78 is 22.7. The van der Waals surface area contributed by atoms with Gasteiger partial charge in [-0.25, -0.2) is 8.42 Å². The highest BCUT2D eigenvalue weighted by molar-refractivity contribution is 7.92. The summed E-state index contributed by atoms with van der Waals surface area (Å²) in [5.74, 6) is 0.258. The number of Topliss-reactive ketones (excluding diaryl/α,β-unsaturated/α-hetero) is 1. The van der Waals surface area contributed by atoms with Crippen molar-refractivity contribution in [2.24, 2.45) is 0 Å². The summed E-state index contributed by atoms with van der Waals surface area (Å²) in [5, 5.41) is -0.385. The topological polar surface area (TPSA) is 51.2 Å². The lowest BCUT2D eigenvalue weighted by atomic mass is 9.99. The van der Waals surface area contributed by atoms with Crippen LogP contribution in [0.5, 0.6) is 0 Å². The molecule has 1 aliphatic carbocycles. The van der Waals surface area contributed by atoms with Crippen LogP contribution in [-0.2, 0) is 14.6 Å². The van der Waals surface area contributed by atoms with Gasteiger partial charge in [-0.15, -0.1) is 0 Å². The molecule has 3 nitrogen and oxygen atoms in total. The van der Waals surface area contributed by atoms with Crippen molar-refractivity contribution in [3.8, 4) is 0 Å². The maximum absolute atomic E-state index is 11.3. The van der Waals surface area contributed by atoms with E-state index in [2.05, 4.69) is 0 Å². The molecule has 1 fully saturated rings. The summed E-state index contributed by atoms with van der Waals surface area (Å²) >= 11 is 0. The Hall–Kier alpha value is -0.380. The predicted molar refractivity (Wildman–Crippen MR) is 46.7 cm³/mol. The van der Waals surface area contributed by atoms with E-state index in [0.29, 0.717) is 12.8 Å². The zero-order chi connectivity index (χ0) is 9.19. The third kappa shape index (κ3) is 2.06. The quantitative estimate of drug-likeness (QED) is 0.651. The Kier molecular flexibility index (Phi) is 2.88. The molecule has 0 radical (unpaired) electrons. The fraction of sp³-hybridized carbons (Fsp3) is 0.875. The van der Waals surface area contributed by atoms with Crippen molar-refractivity contribution in [1.29, 1.82) is 0 Å². The summed E-state index contributed by atoms with van der Waals surface area (Å²) in [7, 11) is -2.98. The Morgan fingerprint density at radius 2 is 2.17 bits per heavy atom. The van der Waals surface area contributed by atoms with Gasteiger partial charge in [0.25, 0.3) is 0 Å². The largest absolute Gasteiger partial charge is 0.300 e. The molecule has 0 bridgehead atoms. The molecule has 0 aromatic heterocycles. The lowest BCUT2D eigenvalue weighted by molar-refractivity contribution is -0.120. The number of carbonyl (C=O) groups excluding carboxylic acids is 1. The molecule has 0 aromatic carbocycles. The fourth-order valence-electron chi connectivity index (χ4n) is 1.53. The van der Waals surface area contributed by atoms with Crippen LogP contribution in [0, 0.1) is 0 Å². The van der Waals surface area contributed by atoms with Crippen molar-refractivity contribution < 1.29 is 13.2 Å². The molecule has 70 valence electrons. The lowest BCUT2D eigenvalue weighted by Crippen LogP contribution is -2.29. The molecular weight excluding hydrogens is 176 g/mol. The van der Waals surface area contributed by atoms with Crippen molar-refractivity contribution >= 4 is 15.6 Å². The predicted octanol–water partition coefficient (Wildman–Crippen LogP) is 0.933. The molecule has 1 atom stereocenters. The van der Waals surface area contributed by atoms with E-state index in [1.54, 1.807) is 6.92 Å². The Labute approximate surface area is 73.1 Å². The van der Waals surface area contributed by atoms with Crippen LogP contribution in [0.15, 0.2) is 0 Å². The third-order valence-corrected chi connectivity index (χ3v) is 4.57. The Morgan fingerprint density at radius 3 is 2.67 bits per heavy atom. The first-order valence-electron chi connectivity index (χ1n) is 4.29. The molecule has 1 aliphatic rings. The average molecular weight is 190 g/mol. The van der Waals surface area contributed by atoms with Gasteiger partial charge in [0.1, 0.15) is 5.78 Å². The molecule has 1 saturated carbocycles. The van der Waals surface area contributed by atoms with Gasteiger partial charge in [-0.1, -0.05) is 6.92 Å². The molecule has 1 unspecified atom stereocenters. The Balaban J connectivity index is 2.70. The molecule has 0 aromatic rings. The zero-order valence-electron chi connectivity index (χ0n) is 7.25. The molecule has 0 aliphatic heterocycles. The highest BCUT2D eigenvalue weighted by atomic mass is 32.2. The molecule has 1 rings (SSSR count). The molecule has 0 spiro atoms. The molecular formula is C8H14O3S. The molecule has 0 N–H and O–H groups in total. The van der Waals surface area contributed by atoms with Crippen molar-refractivity contribution in [2.75, 3.05) is 5.75 Å². The van der Waals surface area contributed by atoms with E-state index in [0.717, 1.165) is 6.42 Å². The van der Waals surface area contributed by atoms with Gasteiger partial charge in [0.05, 0.1) is 5.25 Å². The van der Waals surface area contributed by atoms with E-state index in [9.17, 15) is 13.2 Å². The second-order valence-corrected chi connectivity index (χ2v) is 5.78. The molecule has 0 heterocycles. The Morgan fingerprint density at radius 1 is 1.50 bits per heavy atom. The summed E-state index contributed by atoms with van der Waals surface area (Å²) in [5.41, 5.74) is 0. The Bertz CT molecular complexity index is 266. The van der Waals surface area contributed by atoms with Crippen molar-refractivity contribution in [1.82, 2.24) is 0 Å². The van der Waals surface area contributed by atoms with Gasteiger partial charge < -0.3 is 0 Å². The van der Waals surface area contributed by atoms with Gasteiger partial charge in [-0.05, 0) is 12.8 Å². The number of hydrogen-bond acceptors (Lipinski definition) is 3. The van der Waals surface area contributed by atoms with Gasteiger partial charge >= 0.3 is 0 Å². The van der Waals surface area contributed by atoms with E-state index >= 15 is 0 Å². The molecule has 4 heteroatoms. The van der Waals surface area contributed by atoms with Crippen LogP contribution in [0.3, 0.4) is 0 Å². The summed E-state index contributed by atoms with van der Waals surface area (Å²) in [6.07, 6.45) is 2.22. The monoisotopic (exact) mass is 190 g/mol. The first-order valence-corrected chi connectivity index (χ1v) is 6.01. The highest BCUT2D eigenvalue weighted by Gasteiger charge is 2.28. The van der Waals surface area contributed by atoms with Crippen LogP contribution in [0.2, 0.25) is 0 Å². The van der Waals surface area contributed by atoms with Gasteiger partial charge in [-0.3, -0.25) is 4.79 Å². The number of hydrogen-bond donors (Lipinski definition) is 0.